The number of halogens is 1. The highest BCUT2D eigenvalue weighted by Crippen LogP contribution is 2.31. The van der Waals surface area contributed by atoms with Gasteiger partial charge in [-0.1, -0.05) is 17.2 Å². The normalized spacial score (nSPS) is 18.1. The number of nitrogens with zero attached hydrogens (tertiary/aromatic N) is 4. The molecule has 3 heterocycles. The van der Waals surface area contributed by atoms with Crippen molar-refractivity contribution in [2.24, 2.45) is 0 Å². The molecule has 2 aromatic heterocycles. The minimum Gasteiger partial charge on any atom is -0.344 e. The van der Waals surface area contributed by atoms with E-state index >= 15 is 0 Å². The molecule has 1 aliphatic heterocycles. The van der Waals surface area contributed by atoms with Crippen LogP contribution in [0.1, 0.15) is 48.8 Å². The lowest BCUT2D eigenvalue weighted by molar-refractivity contribution is -0.131. The molecule has 0 aromatic carbocycles. The summed E-state index contributed by atoms with van der Waals surface area (Å²) >= 11 is 5.93. The van der Waals surface area contributed by atoms with Gasteiger partial charge in [0.1, 0.15) is 0 Å². The predicted octanol–water partition coefficient (Wildman–Crippen LogP) is 2.49. The van der Waals surface area contributed by atoms with Gasteiger partial charge < -0.3 is 13.9 Å². The number of aryl methyl sites for hydroxylation is 2. The van der Waals surface area contributed by atoms with Crippen molar-refractivity contribution < 1.29 is 13.8 Å². The highest BCUT2D eigenvalue weighted by Gasteiger charge is 2.34. The van der Waals surface area contributed by atoms with Crippen LogP contribution in [0.5, 0.6) is 0 Å². The average molecular weight is 325 g/mol. The molecule has 7 nitrogen and oxygen atoms in total. The van der Waals surface area contributed by atoms with Crippen LogP contribution in [0.3, 0.4) is 0 Å². The largest absolute Gasteiger partial charge is 0.344 e. The Bertz CT molecular complexity index is 662. The highest BCUT2D eigenvalue weighted by atomic mass is 35.5. The monoisotopic (exact) mass is 324 g/mol. The van der Waals surface area contributed by atoms with Crippen molar-refractivity contribution in [3.8, 4) is 0 Å². The summed E-state index contributed by atoms with van der Waals surface area (Å²) in [6, 6.07) is -0.129. The zero-order valence-electron chi connectivity index (χ0n) is 12.5. The summed E-state index contributed by atoms with van der Waals surface area (Å²) in [7, 11) is 0. The van der Waals surface area contributed by atoms with E-state index in [1.807, 2.05) is 6.92 Å². The number of hydrogen-bond acceptors (Lipinski definition) is 6. The third kappa shape index (κ3) is 2.72. The maximum Gasteiger partial charge on any atom is 0.229 e. The second kappa shape index (κ2) is 6.08. The Morgan fingerprint density at radius 2 is 2.23 bits per heavy atom. The van der Waals surface area contributed by atoms with Crippen molar-refractivity contribution in [3.05, 3.63) is 28.2 Å². The molecule has 2 aromatic rings. The van der Waals surface area contributed by atoms with Crippen LogP contribution in [0.4, 0.5) is 0 Å². The van der Waals surface area contributed by atoms with Gasteiger partial charge >= 0.3 is 0 Å². The molecule has 22 heavy (non-hydrogen) atoms. The van der Waals surface area contributed by atoms with E-state index in [0.29, 0.717) is 35.9 Å². The fraction of sp³-hybridized carbons (Fsp3) is 0.571. The van der Waals surface area contributed by atoms with Crippen LogP contribution in [-0.2, 0) is 17.6 Å². The summed E-state index contributed by atoms with van der Waals surface area (Å²) in [6.07, 6.45) is 2.61. The van der Waals surface area contributed by atoms with Gasteiger partial charge in [0.25, 0.3) is 0 Å². The zero-order chi connectivity index (χ0) is 15.7. The lowest BCUT2D eigenvalue weighted by Crippen LogP contribution is -2.32. The fourth-order valence-corrected chi connectivity index (χ4v) is 2.93. The van der Waals surface area contributed by atoms with Crippen molar-refractivity contribution in [1.29, 1.82) is 0 Å². The maximum absolute atomic E-state index is 12.6. The molecule has 0 aliphatic carbocycles. The second-order valence-electron chi connectivity index (χ2n) is 5.34. The zero-order valence-corrected chi connectivity index (χ0v) is 13.3. The van der Waals surface area contributed by atoms with Gasteiger partial charge in [0.2, 0.25) is 17.0 Å². The first-order valence-electron chi connectivity index (χ1n) is 7.32. The number of hydrogen-bond donors (Lipinski definition) is 0. The molecule has 0 N–H and O–H groups in total. The minimum atomic E-state index is -0.129. The summed E-state index contributed by atoms with van der Waals surface area (Å²) in [4.78, 5) is 18.7. The molecule has 0 bridgehead atoms. The first kappa shape index (κ1) is 15.0. The maximum atomic E-state index is 12.6. The van der Waals surface area contributed by atoms with E-state index in [9.17, 15) is 4.79 Å². The van der Waals surface area contributed by atoms with Crippen molar-refractivity contribution in [2.75, 3.05) is 6.54 Å². The molecule has 0 saturated carbocycles. The molecule has 1 aliphatic rings. The topological polar surface area (TPSA) is 85.3 Å². The van der Waals surface area contributed by atoms with Crippen molar-refractivity contribution in [1.82, 2.24) is 20.2 Å². The van der Waals surface area contributed by atoms with Crippen LogP contribution in [0.25, 0.3) is 0 Å². The van der Waals surface area contributed by atoms with Crippen LogP contribution >= 0.6 is 11.6 Å². The quantitative estimate of drug-likeness (QED) is 0.859. The van der Waals surface area contributed by atoms with Crippen LogP contribution in [0.15, 0.2) is 9.05 Å². The van der Waals surface area contributed by atoms with Gasteiger partial charge in [-0.2, -0.15) is 4.98 Å². The van der Waals surface area contributed by atoms with Crippen LogP contribution < -0.4 is 0 Å². The summed E-state index contributed by atoms with van der Waals surface area (Å²) < 4.78 is 10.0. The van der Waals surface area contributed by atoms with Crippen molar-refractivity contribution >= 4 is 17.5 Å². The molecule has 3 rings (SSSR count). The lowest BCUT2D eigenvalue weighted by atomic mass is 10.1. The van der Waals surface area contributed by atoms with Crippen LogP contribution in [0, 0.1) is 6.92 Å². The molecule has 1 atom stereocenters. The Labute approximate surface area is 132 Å². The van der Waals surface area contributed by atoms with Crippen molar-refractivity contribution in [3.63, 3.8) is 0 Å². The standard InChI is InChI=1S/C14H17ClN4O3/c1-3-11-16-14(18-21-11)10-5-4-6-19(10)12(20)7-9-8(2)17-22-13(9)15/h10H,3-7H2,1-2H3/t10-/m0/s1. The molecule has 1 amide bonds. The summed E-state index contributed by atoms with van der Waals surface area (Å²) in [5.41, 5.74) is 1.28. The fourth-order valence-electron chi connectivity index (χ4n) is 2.69. The smallest absolute Gasteiger partial charge is 0.229 e. The van der Waals surface area contributed by atoms with Crippen LogP contribution in [-0.4, -0.2) is 32.6 Å². The Balaban J connectivity index is 1.76. The molecule has 1 saturated heterocycles. The van der Waals surface area contributed by atoms with E-state index in [1.165, 1.54) is 0 Å². The molecule has 1 fully saturated rings. The van der Waals surface area contributed by atoms with Gasteiger partial charge in [-0.25, -0.2) is 0 Å². The summed E-state index contributed by atoms with van der Waals surface area (Å²) in [5.74, 6) is 1.14. The Morgan fingerprint density at radius 3 is 2.86 bits per heavy atom. The summed E-state index contributed by atoms with van der Waals surface area (Å²) in [6.45, 7) is 4.40. The third-order valence-electron chi connectivity index (χ3n) is 3.92. The number of aromatic nitrogens is 3. The van der Waals surface area contributed by atoms with Crippen molar-refractivity contribution in [2.45, 2.75) is 45.6 Å². The van der Waals surface area contributed by atoms with E-state index in [-0.39, 0.29) is 23.6 Å². The number of carbonyl (C=O) groups excluding carboxylic acids is 1. The van der Waals surface area contributed by atoms with E-state index in [2.05, 4.69) is 15.3 Å². The minimum absolute atomic E-state index is 0.0291. The Morgan fingerprint density at radius 1 is 1.41 bits per heavy atom. The van der Waals surface area contributed by atoms with E-state index < -0.39 is 0 Å². The van der Waals surface area contributed by atoms with Gasteiger partial charge in [0.15, 0.2) is 5.82 Å². The predicted molar refractivity (Wildman–Crippen MR) is 77.3 cm³/mol. The molecule has 0 spiro atoms. The molecule has 0 radical (unpaired) electrons. The number of carbonyl (C=O) groups is 1. The number of likely N-dealkylation sites (tertiary alicyclic amines) is 1. The first-order chi connectivity index (χ1) is 10.6. The van der Waals surface area contributed by atoms with Gasteiger partial charge in [0, 0.05) is 18.5 Å². The molecular weight excluding hydrogens is 308 g/mol. The van der Waals surface area contributed by atoms with Gasteiger partial charge in [0.05, 0.1) is 18.2 Å². The average Bonchev–Trinajstić information content (AvgIpc) is 3.21. The van der Waals surface area contributed by atoms with Gasteiger partial charge in [-0.15, -0.1) is 0 Å². The Kier molecular flexibility index (Phi) is 4.15. The molecular formula is C14H17ClN4O3. The number of rotatable bonds is 4. The van der Waals surface area contributed by atoms with Gasteiger partial charge in [-0.3, -0.25) is 4.79 Å². The second-order valence-corrected chi connectivity index (χ2v) is 5.69. The summed E-state index contributed by atoms with van der Waals surface area (Å²) in [5, 5.41) is 7.94. The first-order valence-corrected chi connectivity index (χ1v) is 7.70. The highest BCUT2D eigenvalue weighted by molar-refractivity contribution is 6.29. The van der Waals surface area contributed by atoms with E-state index in [1.54, 1.807) is 11.8 Å². The third-order valence-corrected chi connectivity index (χ3v) is 4.22. The molecule has 0 unspecified atom stereocenters. The lowest BCUT2D eigenvalue weighted by Gasteiger charge is -2.22. The molecule has 8 heteroatoms. The van der Waals surface area contributed by atoms with E-state index in [0.717, 1.165) is 12.8 Å². The van der Waals surface area contributed by atoms with Gasteiger partial charge in [-0.05, 0) is 31.4 Å². The molecule has 118 valence electrons. The van der Waals surface area contributed by atoms with Crippen LogP contribution in [0.2, 0.25) is 5.22 Å². The SMILES string of the molecule is CCc1nc([C@@H]2CCCN2C(=O)Cc2c(C)noc2Cl)no1. The Hall–Kier alpha value is -1.89. The number of amides is 1. The van der Waals surface area contributed by atoms with E-state index in [4.69, 9.17) is 20.6 Å².